The molecular weight excluding hydrogens is 311 g/mol. The first-order chi connectivity index (χ1) is 10.9. The van der Waals surface area contributed by atoms with Crippen molar-refractivity contribution in [3.05, 3.63) is 48.0 Å². The molecule has 0 heterocycles. The molecule has 0 aliphatic carbocycles. The number of rotatable bonds is 5. The maximum atomic E-state index is 12.1. The first kappa shape index (κ1) is 16.5. The summed E-state index contributed by atoms with van der Waals surface area (Å²) in [6.07, 6.45) is -4.31. The van der Waals surface area contributed by atoms with Crippen LogP contribution in [0.2, 0.25) is 0 Å². The van der Waals surface area contributed by atoms with Crippen LogP contribution in [-0.4, -0.2) is 12.8 Å². The van der Waals surface area contributed by atoms with Crippen LogP contribution in [0.1, 0.15) is 5.56 Å². The average molecular weight is 323 g/mol. The van der Waals surface area contributed by atoms with Crippen molar-refractivity contribution in [2.75, 3.05) is 0 Å². The second kappa shape index (κ2) is 6.91. The van der Waals surface area contributed by atoms with Crippen molar-refractivity contribution in [2.45, 2.75) is 13.3 Å². The van der Waals surface area contributed by atoms with Crippen LogP contribution in [0.3, 0.4) is 0 Å². The van der Waals surface area contributed by atoms with Gasteiger partial charge >= 0.3 is 6.36 Å². The molecule has 0 aromatic heterocycles. The SMILES string of the molecule is Cc1cc(-c2ccc(OC(F)(F)F)cc2)ccc1N=NNC=O. The monoisotopic (exact) mass is 323 g/mol. The van der Waals surface area contributed by atoms with Crippen molar-refractivity contribution in [3.63, 3.8) is 0 Å². The molecule has 0 aliphatic rings. The maximum absolute atomic E-state index is 12.1. The van der Waals surface area contributed by atoms with Crippen molar-refractivity contribution < 1.29 is 22.7 Å². The third-order valence-corrected chi connectivity index (χ3v) is 2.89. The van der Waals surface area contributed by atoms with E-state index >= 15 is 0 Å². The van der Waals surface area contributed by atoms with Crippen LogP contribution in [0.25, 0.3) is 11.1 Å². The normalized spacial score (nSPS) is 11.5. The lowest BCUT2D eigenvalue weighted by Gasteiger charge is -2.10. The number of amides is 1. The van der Waals surface area contributed by atoms with Crippen LogP contribution in [0.15, 0.2) is 52.8 Å². The van der Waals surface area contributed by atoms with Crippen molar-refractivity contribution in [1.82, 2.24) is 5.43 Å². The molecule has 0 fully saturated rings. The van der Waals surface area contributed by atoms with Crippen LogP contribution in [-0.2, 0) is 4.79 Å². The fraction of sp³-hybridized carbons (Fsp3) is 0.133. The van der Waals surface area contributed by atoms with E-state index in [1.807, 2.05) is 6.07 Å². The number of carbonyl (C=O) groups is 1. The summed E-state index contributed by atoms with van der Waals surface area (Å²) in [7, 11) is 0. The molecule has 5 nitrogen and oxygen atoms in total. The number of aryl methyl sites for hydroxylation is 1. The zero-order chi connectivity index (χ0) is 16.9. The number of hydrogen-bond acceptors (Lipinski definition) is 4. The van der Waals surface area contributed by atoms with Gasteiger partial charge in [-0.25, -0.2) is 5.43 Å². The molecule has 0 spiro atoms. The van der Waals surface area contributed by atoms with Gasteiger partial charge in [-0.15, -0.1) is 18.3 Å². The topological polar surface area (TPSA) is 63.1 Å². The van der Waals surface area contributed by atoms with E-state index in [0.717, 1.165) is 16.7 Å². The molecule has 0 bridgehead atoms. The number of halogens is 3. The van der Waals surface area contributed by atoms with Crippen molar-refractivity contribution in [2.24, 2.45) is 10.3 Å². The highest BCUT2D eigenvalue weighted by Crippen LogP contribution is 2.29. The molecule has 2 aromatic carbocycles. The van der Waals surface area contributed by atoms with Gasteiger partial charge in [0.25, 0.3) is 0 Å². The summed E-state index contributed by atoms with van der Waals surface area (Å²) in [5, 5.41) is 7.28. The zero-order valence-electron chi connectivity index (χ0n) is 12.0. The van der Waals surface area contributed by atoms with Crippen LogP contribution in [0.5, 0.6) is 5.75 Å². The quantitative estimate of drug-likeness (QED) is 0.506. The molecule has 0 aliphatic heterocycles. The summed E-state index contributed by atoms with van der Waals surface area (Å²) in [4.78, 5) is 10.1. The number of carbonyl (C=O) groups excluding carboxylic acids is 1. The minimum Gasteiger partial charge on any atom is -0.406 e. The fourth-order valence-corrected chi connectivity index (χ4v) is 1.90. The largest absolute Gasteiger partial charge is 0.573 e. The smallest absolute Gasteiger partial charge is 0.406 e. The van der Waals surface area contributed by atoms with E-state index in [1.165, 1.54) is 24.3 Å². The second-order valence-corrected chi connectivity index (χ2v) is 4.52. The lowest BCUT2D eigenvalue weighted by molar-refractivity contribution is -0.274. The summed E-state index contributed by atoms with van der Waals surface area (Å²) >= 11 is 0. The van der Waals surface area contributed by atoms with E-state index in [2.05, 4.69) is 20.5 Å². The van der Waals surface area contributed by atoms with Crippen molar-refractivity contribution in [3.8, 4) is 16.9 Å². The van der Waals surface area contributed by atoms with Gasteiger partial charge in [0.05, 0.1) is 5.69 Å². The Hall–Kier alpha value is -2.90. The van der Waals surface area contributed by atoms with E-state index < -0.39 is 6.36 Å². The molecule has 1 N–H and O–H groups in total. The number of nitrogens with one attached hydrogen (secondary N) is 1. The Balaban J connectivity index is 2.19. The Morgan fingerprint density at radius 2 is 1.74 bits per heavy atom. The molecule has 2 rings (SSSR count). The van der Waals surface area contributed by atoms with Gasteiger partial charge in [-0.1, -0.05) is 23.4 Å². The number of alkyl halides is 3. The third-order valence-electron chi connectivity index (χ3n) is 2.89. The van der Waals surface area contributed by atoms with Crippen LogP contribution in [0, 0.1) is 6.92 Å². The highest BCUT2D eigenvalue weighted by molar-refractivity contribution is 5.67. The number of ether oxygens (including phenoxy) is 1. The molecule has 23 heavy (non-hydrogen) atoms. The second-order valence-electron chi connectivity index (χ2n) is 4.52. The molecule has 0 saturated carbocycles. The minimum absolute atomic E-state index is 0.275. The molecule has 0 unspecified atom stereocenters. The van der Waals surface area contributed by atoms with Crippen LogP contribution in [0.4, 0.5) is 18.9 Å². The first-order valence-corrected chi connectivity index (χ1v) is 6.46. The third kappa shape index (κ3) is 4.80. The molecule has 8 heteroatoms. The van der Waals surface area contributed by atoms with Gasteiger partial charge in [0.2, 0.25) is 6.41 Å². The Morgan fingerprint density at radius 3 is 2.30 bits per heavy atom. The van der Waals surface area contributed by atoms with E-state index in [-0.39, 0.29) is 5.75 Å². The van der Waals surface area contributed by atoms with Crippen LogP contribution < -0.4 is 10.2 Å². The lowest BCUT2D eigenvalue weighted by Crippen LogP contribution is -2.16. The summed E-state index contributed by atoms with van der Waals surface area (Å²) < 4.78 is 40.2. The van der Waals surface area contributed by atoms with Crippen molar-refractivity contribution in [1.29, 1.82) is 0 Å². The fourth-order valence-electron chi connectivity index (χ4n) is 1.90. The maximum Gasteiger partial charge on any atom is 0.573 e. The summed E-state index contributed by atoms with van der Waals surface area (Å²) in [5.41, 5.74) is 4.98. The molecule has 2 aromatic rings. The number of hydrogen-bond donors (Lipinski definition) is 1. The number of benzene rings is 2. The Labute approximate surface area is 129 Å². The van der Waals surface area contributed by atoms with E-state index in [9.17, 15) is 18.0 Å². The first-order valence-electron chi connectivity index (χ1n) is 6.46. The highest BCUT2D eigenvalue weighted by Gasteiger charge is 2.30. The van der Waals surface area contributed by atoms with Gasteiger partial charge in [-0.3, -0.25) is 4.79 Å². The van der Waals surface area contributed by atoms with E-state index in [1.54, 1.807) is 19.1 Å². The van der Waals surface area contributed by atoms with Gasteiger partial charge in [-0.2, -0.15) is 0 Å². The van der Waals surface area contributed by atoms with Crippen LogP contribution >= 0.6 is 0 Å². The molecule has 1 amide bonds. The van der Waals surface area contributed by atoms with E-state index in [0.29, 0.717) is 12.1 Å². The lowest BCUT2D eigenvalue weighted by atomic mass is 10.0. The van der Waals surface area contributed by atoms with Gasteiger partial charge in [0.15, 0.2) is 0 Å². The average Bonchev–Trinajstić information content (AvgIpc) is 2.48. The highest BCUT2D eigenvalue weighted by atomic mass is 19.4. The zero-order valence-corrected chi connectivity index (χ0v) is 12.0. The molecular formula is C15H12F3N3O2. The number of nitrogens with zero attached hydrogens (tertiary/aromatic N) is 2. The predicted octanol–water partition coefficient (Wildman–Crippen LogP) is 4.31. The summed E-state index contributed by atoms with van der Waals surface area (Å²) in [6, 6.07) is 10.8. The Bertz CT molecular complexity index is 713. The molecule has 0 saturated heterocycles. The predicted molar refractivity (Wildman–Crippen MR) is 77.0 cm³/mol. The molecule has 0 radical (unpaired) electrons. The summed E-state index contributed by atoms with van der Waals surface area (Å²) in [6.45, 7) is 1.81. The van der Waals surface area contributed by atoms with Gasteiger partial charge < -0.3 is 4.74 Å². The summed E-state index contributed by atoms with van der Waals surface area (Å²) in [5.74, 6) is -0.275. The van der Waals surface area contributed by atoms with Gasteiger partial charge in [-0.05, 0) is 47.9 Å². The minimum atomic E-state index is -4.71. The van der Waals surface area contributed by atoms with Gasteiger partial charge in [0.1, 0.15) is 5.75 Å². The molecule has 0 atom stereocenters. The Kier molecular flexibility index (Phi) is 4.95. The van der Waals surface area contributed by atoms with Crippen molar-refractivity contribution >= 4 is 12.1 Å². The standard InChI is InChI=1S/C15H12F3N3O2/c1-10-8-12(4-7-14(10)20-21-19-9-22)11-2-5-13(6-3-11)23-15(16,17)18/h2-9H,1H3,(H,19,20,22). The van der Waals surface area contributed by atoms with Gasteiger partial charge in [0, 0.05) is 0 Å². The Morgan fingerprint density at radius 1 is 1.09 bits per heavy atom. The van der Waals surface area contributed by atoms with E-state index in [4.69, 9.17) is 0 Å². The molecule has 120 valence electrons.